The number of halogens is 1. The Hall–Kier alpha value is -0.880. The minimum absolute atomic E-state index is 0.744. The maximum Gasteiger partial charge on any atom is 0.181 e. The first-order chi connectivity index (χ1) is 7.81. The molecule has 84 valence electrons. The first kappa shape index (κ1) is 11.6. The third-order valence-corrected chi connectivity index (χ3v) is 2.94. The molecule has 0 fully saturated rings. The van der Waals surface area contributed by atoms with Gasteiger partial charge >= 0.3 is 0 Å². The van der Waals surface area contributed by atoms with Crippen molar-refractivity contribution in [1.82, 2.24) is 10.3 Å². The van der Waals surface area contributed by atoms with Crippen LogP contribution >= 0.6 is 22.6 Å². The predicted octanol–water partition coefficient (Wildman–Crippen LogP) is 3.06. The van der Waals surface area contributed by atoms with Gasteiger partial charge in [0.2, 0.25) is 0 Å². The minimum atomic E-state index is 0.744. The van der Waals surface area contributed by atoms with Crippen LogP contribution in [0.3, 0.4) is 0 Å². The Morgan fingerprint density at radius 3 is 3.06 bits per heavy atom. The van der Waals surface area contributed by atoms with Crippen molar-refractivity contribution in [3.63, 3.8) is 0 Å². The molecule has 0 saturated carbocycles. The van der Waals surface area contributed by atoms with E-state index >= 15 is 0 Å². The fourth-order valence-corrected chi connectivity index (χ4v) is 2.05. The van der Waals surface area contributed by atoms with E-state index in [4.69, 9.17) is 4.42 Å². The summed E-state index contributed by atoms with van der Waals surface area (Å²) in [6, 6.07) is 8.22. The molecule has 1 N–H and O–H groups in total. The van der Waals surface area contributed by atoms with E-state index in [0.717, 1.165) is 30.1 Å². The standard InChI is InChI=1S/C12H13IN2O/c1-2-14-7-11-12(16-8-15-11)9-4-3-5-10(13)6-9/h3-6,8,14H,2,7H2,1H3. The molecular formula is C12H13IN2O. The highest BCUT2D eigenvalue weighted by Crippen LogP contribution is 2.24. The normalized spacial score (nSPS) is 10.6. The molecule has 0 spiro atoms. The first-order valence-electron chi connectivity index (χ1n) is 5.20. The van der Waals surface area contributed by atoms with Crippen LogP contribution in [0, 0.1) is 3.57 Å². The summed E-state index contributed by atoms with van der Waals surface area (Å²) in [6.45, 7) is 3.75. The lowest BCUT2D eigenvalue weighted by atomic mass is 10.1. The molecule has 0 aliphatic heterocycles. The van der Waals surface area contributed by atoms with Gasteiger partial charge in [0.15, 0.2) is 12.2 Å². The first-order valence-corrected chi connectivity index (χ1v) is 6.28. The summed E-state index contributed by atoms with van der Waals surface area (Å²) < 4.78 is 6.64. The van der Waals surface area contributed by atoms with Crippen LogP contribution in [0.2, 0.25) is 0 Å². The predicted molar refractivity (Wildman–Crippen MR) is 72.0 cm³/mol. The summed E-state index contributed by atoms with van der Waals surface area (Å²) in [6.07, 6.45) is 1.50. The summed E-state index contributed by atoms with van der Waals surface area (Å²) in [5, 5.41) is 3.25. The van der Waals surface area contributed by atoms with Gasteiger partial charge in [0.1, 0.15) is 5.69 Å². The van der Waals surface area contributed by atoms with Gasteiger partial charge in [-0.25, -0.2) is 4.98 Å². The fourth-order valence-electron chi connectivity index (χ4n) is 1.50. The van der Waals surface area contributed by atoms with Crippen LogP contribution in [0.25, 0.3) is 11.3 Å². The van der Waals surface area contributed by atoms with E-state index in [1.165, 1.54) is 9.96 Å². The molecule has 0 saturated heterocycles. The highest BCUT2D eigenvalue weighted by atomic mass is 127. The molecule has 0 radical (unpaired) electrons. The van der Waals surface area contributed by atoms with Crippen molar-refractivity contribution < 1.29 is 4.42 Å². The number of nitrogens with one attached hydrogen (secondary N) is 1. The number of benzene rings is 1. The molecule has 0 aliphatic carbocycles. The Morgan fingerprint density at radius 1 is 1.44 bits per heavy atom. The molecule has 1 aromatic carbocycles. The molecule has 0 atom stereocenters. The minimum Gasteiger partial charge on any atom is -0.443 e. The molecule has 4 heteroatoms. The van der Waals surface area contributed by atoms with Crippen molar-refractivity contribution in [1.29, 1.82) is 0 Å². The van der Waals surface area contributed by atoms with Gasteiger partial charge in [0.05, 0.1) is 0 Å². The lowest BCUT2D eigenvalue weighted by Gasteiger charge is -2.02. The summed E-state index contributed by atoms with van der Waals surface area (Å²) in [4.78, 5) is 4.23. The Kier molecular flexibility index (Phi) is 3.95. The number of oxazole rings is 1. The van der Waals surface area contributed by atoms with Gasteiger partial charge in [-0.3, -0.25) is 0 Å². The van der Waals surface area contributed by atoms with E-state index in [1.807, 2.05) is 12.1 Å². The van der Waals surface area contributed by atoms with Crippen LogP contribution in [0.5, 0.6) is 0 Å². The van der Waals surface area contributed by atoms with Crippen molar-refractivity contribution in [3.8, 4) is 11.3 Å². The Morgan fingerprint density at radius 2 is 2.31 bits per heavy atom. The molecule has 0 unspecified atom stereocenters. The maximum atomic E-state index is 5.45. The highest BCUT2D eigenvalue weighted by molar-refractivity contribution is 14.1. The zero-order valence-corrected chi connectivity index (χ0v) is 11.2. The summed E-state index contributed by atoms with van der Waals surface area (Å²) in [5.74, 6) is 0.861. The van der Waals surface area contributed by atoms with Gasteiger partial charge in [0, 0.05) is 15.7 Å². The second-order valence-electron chi connectivity index (χ2n) is 3.42. The topological polar surface area (TPSA) is 38.1 Å². The molecule has 0 bridgehead atoms. The Bertz CT molecular complexity index is 468. The Balaban J connectivity index is 2.29. The van der Waals surface area contributed by atoms with E-state index in [2.05, 4.69) is 51.9 Å². The van der Waals surface area contributed by atoms with Crippen molar-refractivity contribution in [2.24, 2.45) is 0 Å². The molecule has 16 heavy (non-hydrogen) atoms. The van der Waals surface area contributed by atoms with E-state index < -0.39 is 0 Å². The van der Waals surface area contributed by atoms with Crippen molar-refractivity contribution >= 4 is 22.6 Å². The molecule has 0 aliphatic rings. The summed E-state index contributed by atoms with van der Waals surface area (Å²) in [7, 11) is 0. The molecule has 2 aromatic rings. The van der Waals surface area contributed by atoms with E-state index in [0.29, 0.717) is 0 Å². The molecular weight excluding hydrogens is 315 g/mol. The quantitative estimate of drug-likeness (QED) is 0.877. The van der Waals surface area contributed by atoms with Gasteiger partial charge in [0.25, 0.3) is 0 Å². The van der Waals surface area contributed by atoms with Gasteiger partial charge in [-0.05, 0) is 41.3 Å². The fraction of sp³-hybridized carbons (Fsp3) is 0.250. The number of hydrogen-bond donors (Lipinski definition) is 1. The second kappa shape index (κ2) is 5.45. The lowest BCUT2D eigenvalue weighted by molar-refractivity contribution is 0.570. The zero-order valence-electron chi connectivity index (χ0n) is 9.03. The number of aromatic nitrogens is 1. The third kappa shape index (κ3) is 2.62. The summed E-state index contributed by atoms with van der Waals surface area (Å²) in [5.41, 5.74) is 2.04. The monoisotopic (exact) mass is 328 g/mol. The Labute approximate surface area is 108 Å². The van der Waals surface area contributed by atoms with Crippen LogP contribution < -0.4 is 5.32 Å². The average molecular weight is 328 g/mol. The van der Waals surface area contributed by atoms with Gasteiger partial charge < -0.3 is 9.73 Å². The maximum absolute atomic E-state index is 5.45. The highest BCUT2D eigenvalue weighted by Gasteiger charge is 2.09. The van der Waals surface area contributed by atoms with Crippen molar-refractivity contribution in [3.05, 3.63) is 39.9 Å². The van der Waals surface area contributed by atoms with Crippen LogP contribution in [-0.2, 0) is 6.54 Å². The molecule has 2 rings (SSSR count). The number of rotatable bonds is 4. The molecule has 0 amide bonds. The van der Waals surface area contributed by atoms with Crippen LogP contribution in [0.1, 0.15) is 12.6 Å². The lowest BCUT2D eigenvalue weighted by Crippen LogP contribution is -2.12. The number of nitrogens with zero attached hydrogens (tertiary/aromatic N) is 1. The summed E-state index contributed by atoms with van der Waals surface area (Å²) >= 11 is 2.29. The second-order valence-corrected chi connectivity index (χ2v) is 4.66. The molecule has 3 nitrogen and oxygen atoms in total. The van der Waals surface area contributed by atoms with Gasteiger partial charge in [-0.1, -0.05) is 19.1 Å². The van der Waals surface area contributed by atoms with Crippen LogP contribution in [0.4, 0.5) is 0 Å². The van der Waals surface area contributed by atoms with Crippen LogP contribution in [0.15, 0.2) is 35.1 Å². The zero-order chi connectivity index (χ0) is 11.4. The largest absolute Gasteiger partial charge is 0.443 e. The smallest absolute Gasteiger partial charge is 0.181 e. The average Bonchev–Trinajstić information content (AvgIpc) is 2.74. The van der Waals surface area contributed by atoms with Crippen molar-refractivity contribution in [2.75, 3.05) is 6.54 Å². The van der Waals surface area contributed by atoms with Gasteiger partial charge in [-0.2, -0.15) is 0 Å². The van der Waals surface area contributed by atoms with Gasteiger partial charge in [-0.15, -0.1) is 0 Å². The van der Waals surface area contributed by atoms with Crippen LogP contribution in [-0.4, -0.2) is 11.5 Å². The van der Waals surface area contributed by atoms with E-state index in [-0.39, 0.29) is 0 Å². The number of hydrogen-bond acceptors (Lipinski definition) is 3. The third-order valence-electron chi connectivity index (χ3n) is 2.27. The molecule has 1 aromatic heterocycles. The van der Waals surface area contributed by atoms with Crippen molar-refractivity contribution in [2.45, 2.75) is 13.5 Å². The molecule has 1 heterocycles. The van der Waals surface area contributed by atoms with E-state index in [9.17, 15) is 0 Å². The van der Waals surface area contributed by atoms with E-state index in [1.54, 1.807) is 0 Å². The SMILES string of the molecule is CCNCc1ncoc1-c1cccc(I)c1.